The summed E-state index contributed by atoms with van der Waals surface area (Å²) in [5.41, 5.74) is 5.58. The van der Waals surface area contributed by atoms with Crippen LogP contribution in [0.25, 0.3) is 0 Å². The second-order valence-electron chi connectivity index (χ2n) is 6.95. The number of carbonyl (C=O) groups is 1. The number of nitrogens with one attached hydrogen (secondary N) is 3. The SMILES string of the molecule is CC(C)S(=O)(=O)N[C@H]1CC[C@H](C(=O)NNc2ccc(OC(F)(F)F)cc2)CC1. The summed E-state index contributed by atoms with van der Waals surface area (Å²) < 4.78 is 66.6. The standard InChI is InChI=1S/C17H24F3N3O4S/c1-11(2)28(25,26)23-14-5-3-12(4-6-14)16(24)22-21-13-7-9-15(10-8-13)27-17(18,19)20/h7-12,14,21,23H,3-6H2,1-2H3,(H,22,24)/t12-,14-. The summed E-state index contributed by atoms with van der Waals surface area (Å²) in [4.78, 5) is 12.2. The van der Waals surface area contributed by atoms with Gasteiger partial charge in [-0.25, -0.2) is 13.1 Å². The molecule has 1 aromatic carbocycles. The van der Waals surface area contributed by atoms with Gasteiger partial charge in [0.1, 0.15) is 5.75 Å². The second kappa shape index (κ2) is 8.99. The molecule has 0 aromatic heterocycles. The van der Waals surface area contributed by atoms with E-state index in [1.54, 1.807) is 13.8 Å². The smallest absolute Gasteiger partial charge is 0.406 e. The summed E-state index contributed by atoms with van der Waals surface area (Å²) in [6.45, 7) is 3.21. The Morgan fingerprint density at radius 1 is 1.11 bits per heavy atom. The predicted molar refractivity (Wildman–Crippen MR) is 97.8 cm³/mol. The van der Waals surface area contributed by atoms with Crippen LogP contribution in [0.15, 0.2) is 24.3 Å². The highest BCUT2D eigenvalue weighted by atomic mass is 32.2. The van der Waals surface area contributed by atoms with E-state index in [1.807, 2.05) is 0 Å². The minimum absolute atomic E-state index is 0.175. The normalized spacial score (nSPS) is 20.6. The van der Waals surface area contributed by atoms with Crippen molar-refractivity contribution in [2.45, 2.75) is 57.2 Å². The van der Waals surface area contributed by atoms with Gasteiger partial charge in [0.05, 0.1) is 10.9 Å². The quantitative estimate of drug-likeness (QED) is 0.586. The van der Waals surface area contributed by atoms with Crippen LogP contribution in [0, 0.1) is 5.92 Å². The lowest BCUT2D eigenvalue weighted by Gasteiger charge is -2.28. The number of anilines is 1. The largest absolute Gasteiger partial charge is 0.573 e. The molecule has 28 heavy (non-hydrogen) atoms. The van der Waals surface area contributed by atoms with Crippen molar-refractivity contribution in [3.05, 3.63) is 24.3 Å². The predicted octanol–water partition coefficient (Wildman–Crippen LogP) is 2.91. The number of halogens is 3. The van der Waals surface area contributed by atoms with Crippen molar-refractivity contribution in [3.63, 3.8) is 0 Å². The Balaban J connectivity index is 1.77. The number of carbonyl (C=O) groups excluding carboxylic acids is 1. The fraction of sp³-hybridized carbons (Fsp3) is 0.588. The Bertz CT molecular complexity index is 759. The van der Waals surface area contributed by atoms with E-state index in [4.69, 9.17) is 0 Å². The molecule has 11 heteroatoms. The van der Waals surface area contributed by atoms with Gasteiger partial charge in [-0.05, 0) is 63.8 Å². The number of benzene rings is 1. The van der Waals surface area contributed by atoms with Gasteiger partial charge in [-0.3, -0.25) is 15.6 Å². The van der Waals surface area contributed by atoms with Crippen LogP contribution < -0.4 is 20.3 Å². The topological polar surface area (TPSA) is 96.5 Å². The van der Waals surface area contributed by atoms with Crippen LogP contribution >= 0.6 is 0 Å². The summed E-state index contributed by atoms with van der Waals surface area (Å²) in [5.74, 6) is -0.868. The molecule has 0 bridgehead atoms. The summed E-state index contributed by atoms with van der Waals surface area (Å²) in [5, 5.41) is -0.509. The van der Waals surface area contributed by atoms with Crippen molar-refractivity contribution in [3.8, 4) is 5.75 Å². The molecular formula is C17H24F3N3O4S. The van der Waals surface area contributed by atoms with Gasteiger partial charge in [0.2, 0.25) is 15.9 Å². The molecule has 0 spiro atoms. The molecule has 1 aliphatic carbocycles. The first kappa shape index (κ1) is 22.3. The minimum atomic E-state index is -4.76. The van der Waals surface area contributed by atoms with E-state index in [0.29, 0.717) is 31.4 Å². The number of sulfonamides is 1. The monoisotopic (exact) mass is 423 g/mol. The van der Waals surface area contributed by atoms with Gasteiger partial charge in [-0.2, -0.15) is 0 Å². The molecule has 0 aliphatic heterocycles. The zero-order valence-corrected chi connectivity index (χ0v) is 16.4. The Morgan fingerprint density at radius 3 is 2.18 bits per heavy atom. The lowest BCUT2D eigenvalue weighted by Crippen LogP contribution is -2.43. The highest BCUT2D eigenvalue weighted by molar-refractivity contribution is 7.90. The number of alkyl halides is 3. The van der Waals surface area contributed by atoms with E-state index in [9.17, 15) is 26.4 Å². The van der Waals surface area contributed by atoms with Crippen molar-refractivity contribution in [2.24, 2.45) is 5.92 Å². The Kier molecular flexibility index (Phi) is 7.16. The maximum Gasteiger partial charge on any atom is 0.573 e. The van der Waals surface area contributed by atoms with Crippen molar-refractivity contribution in [1.82, 2.24) is 10.1 Å². The molecular weight excluding hydrogens is 399 g/mol. The molecule has 1 amide bonds. The summed E-state index contributed by atoms with van der Waals surface area (Å²) in [6.07, 6.45) is -2.55. The molecule has 0 unspecified atom stereocenters. The van der Waals surface area contributed by atoms with E-state index >= 15 is 0 Å². The third-order valence-electron chi connectivity index (χ3n) is 4.47. The van der Waals surface area contributed by atoms with Crippen LogP contribution in [0.4, 0.5) is 18.9 Å². The van der Waals surface area contributed by atoms with Gasteiger partial charge in [-0.15, -0.1) is 13.2 Å². The molecule has 1 aromatic rings. The Hall–Kier alpha value is -2.01. The fourth-order valence-corrected chi connectivity index (χ4v) is 3.79. The molecule has 3 N–H and O–H groups in total. The molecule has 0 radical (unpaired) electrons. The first-order valence-electron chi connectivity index (χ1n) is 8.89. The average Bonchev–Trinajstić information content (AvgIpc) is 2.60. The van der Waals surface area contributed by atoms with Gasteiger partial charge in [0.25, 0.3) is 0 Å². The van der Waals surface area contributed by atoms with E-state index in [0.717, 1.165) is 12.1 Å². The molecule has 0 heterocycles. The molecule has 1 fully saturated rings. The number of hydrogen-bond acceptors (Lipinski definition) is 5. The van der Waals surface area contributed by atoms with Crippen LogP contribution in [0.1, 0.15) is 39.5 Å². The zero-order valence-electron chi connectivity index (χ0n) is 15.5. The fourth-order valence-electron chi connectivity index (χ4n) is 2.82. The number of ether oxygens (including phenoxy) is 1. The highest BCUT2D eigenvalue weighted by Crippen LogP contribution is 2.26. The lowest BCUT2D eigenvalue weighted by molar-refractivity contribution is -0.274. The number of amides is 1. The third kappa shape index (κ3) is 6.86. The molecule has 7 nitrogen and oxygen atoms in total. The van der Waals surface area contributed by atoms with Crippen LogP contribution in [-0.4, -0.2) is 32.0 Å². The summed E-state index contributed by atoms with van der Waals surface area (Å²) in [6, 6.07) is 4.78. The van der Waals surface area contributed by atoms with Crippen molar-refractivity contribution in [2.75, 3.05) is 5.43 Å². The van der Waals surface area contributed by atoms with E-state index in [-0.39, 0.29) is 23.6 Å². The maximum atomic E-state index is 12.2. The van der Waals surface area contributed by atoms with Gasteiger partial charge in [0, 0.05) is 12.0 Å². The van der Waals surface area contributed by atoms with Crippen molar-refractivity contribution in [1.29, 1.82) is 0 Å². The molecule has 0 saturated heterocycles. The maximum absolute atomic E-state index is 12.2. The molecule has 0 atom stereocenters. The van der Waals surface area contributed by atoms with Crippen LogP contribution in [-0.2, 0) is 14.8 Å². The number of hydrazine groups is 1. The first-order valence-corrected chi connectivity index (χ1v) is 10.4. The molecule has 2 rings (SSSR count). The third-order valence-corrected chi connectivity index (χ3v) is 6.37. The minimum Gasteiger partial charge on any atom is -0.406 e. The van der Waals surface area contributed by atoms with Crippen LogP contribution in [0.3, 0.4) is 0 Å². The van der Waals surface area contributed by atoms with Gasteiger partial charge in [0.15, 0.2) is 0 Å². The summed E-state index contributed by atoms with van der Waals surface area (Å²) >= 11 is 0. The van der Waals surface area contributed by atoms with E-state index < -0.39 is 21.6 Å². The summed E-state index contributed by atoms with van der Waals surface area (Å²) in [7, 11) is -3.34. The number of rotatable bonds is 7. The van der Waals surface area contributed by atoms with Crippen LogP contribution in [0.5, 0.6) is 5.75 Å². The number of hydrogen-bond donors (Lipinski definition) is 3. The van der Waals surface area contributed by atoms with Gasteiger partial charge in [-0.1, -0.05) is 0 Å². The first-order chi connectivity index (χ1) is 13.0. The highest BCUT2D eigenvalue weighted by Gasteiger charge is 2.31. The Labute approximate surface area is 162 Å². The van der Waals surface area contributed by atoms with Gasteiger partial charge >= 0.3 is 6.36 Å². The molecule has 1 aliphatic rings. The zero-order chi connectivity index (χ0) is 20.9. The van der Waals surface area contributed by atoms with E-state index in [1.165, 1.54) is 12.1 Å². The second-order valence-corrected chi connectivity index (χ2v) is 9.22. The van der Waals surface area contributed by atoms with Crippen molar-refractivity contribution >= 4 is 21.6 Å². The van der Waals surface area contributed by atoms with Crippen molar-refractivity contribution < 1.29 is 31.1 Å². The van der Waals surface area contributed by atoms with E-state index in [2.05, 4.69) is 20.3 Å². The lowest BCUT2D eigenvalue weighted by atomic mass is 9.86. The molecule has 158 valence electrons. The average molecular weight is 423 g/mol. The van der Waals surface area contributed by atoms with Gasteiger partial charge < -0.3 is 4.74 Å². The Morgan fingerprint density at radius 2 is 1.68 bits per heavy atom. The van der Waals surface area contributed by atoms with Crippen LogP contribution in [0.2, 0.25) is 0 Å². The molecule has 1 saturated carbocycles.